The zero-order valence-electron chi connectivity index (χ0n) is 11.1. The van der Waals surface area contributed by atoms with Crippen LogP contribution in [0.15, 0.2) is 12.4 Å². The normalized spacial score (nSPS) is 23.1. The topological polar surface area (TPSA) is 36.3 Å². The summed E-state index contributed by atoms with van der Waals surface area (Å²) >= 11 is 0. The van der Waals surface area contributed by atoms with Crippen molar-refractivity contribution in [1.29, 1.82) is 0 Å². The number of piperazine rings is 1. The fraction of sp³-hybridized carbons (Fsp3) is 0.750. The van der Waals surface area contributed by atoms with E-state index >= 15 is 0 Å². The lowest BCUT2D eigenvalue weighted by Crippen LogP contribution is -2.53. The number of hydrogen-bond donors (Lipinski definition) is 1. The molecule has 1 atom stereocenters. The number of nitrogens with one attached hydrogen (secondary N) is 1. The summed E-state index contributed by atoms with van der Waals surface area (Å²) in [6.45, 7) is 5.34. The highest BCUT2D eigenvalue weighted by molar-refractivity contribution is 4.91. The van der Waals surface area contributed by atoms with Crippen molar-refractivity contribution in [2.45, 2.75) is 12.6 Å². The van der Waals surface area contributed by atoms with Crippen LogP contribution in [0.25, 0.3) is 0 Å². The van der Waals surface area contributed by atoms with Crippen LogP contribution in [0.5, 0.6) is 0 Å². The molecule has 0 radical (unpaired) electrons. The lowest BCUT2D eigenvalue weighted by molar-refractivity contribution is 0.113. The summed E-state index contributed by atoms with van der Waals surface area (Å²) in [6.07, 6.45) is 3.83. The Morgan fingerprint density at radius 3 is 2.88 bits per heavy atom. The van der Waals surface area contributed by atoms with Crippen LogP contribution < -0.4 is 5.32 Å². The van der Waals surface area contributed by atoms with Gasteiger partial charge in [0.25, 0.3) is 0 Å². The molecule has 1 N–H and O–H groups in total. The summed E-state index contributed by atoms with van der Waals surface area (Å²) < 4.78 is 2.06. The van der Waals surface area contributed by atoms with Crippen molar-refractivity contribution >= 4 is 0 Å². The van der Waals surface area contributed by atoms with Gasteiger partial charge in [0.1, 0.15) is 5.82 Å². The van der Waals surface area contributed by atoms with E-state index in [1.165, 1.54) is 6.54 Å². The van der Waals surface area contributed by atoms with Crippen LogP contribution in [-0.4, -0.2) is 65.7 Å². The Balaban J connectivity index is 1.76. The molecule has 1 aromatic heterocycles. The average molecular weight is 237 g/mol. The first-order valence-corrected chi connectivity index (χ1v) is 6.22. The van der Waals surface area contributed by atoms with Crippen molar-refractivity contribution in [2.75, 3.05) is 40.3 Å². The monoisotopic (exact) mass is 237 g/mol. The van der Waals surface area contributed by atoms with Gasteiger partial charge in [-0.3, -0.25) is 4.90 Å². The summed E-state index contributed by atoms with van der Waals surface area (Å²) in [5.41, 5.74) is 0. The maximum atomic E-state index is 4.31. The van der Waals surface area contributed by atoms with Crippen LogP contribution in [-0.2, 0) is 13.6 Å². The molecule has 2 heterocycles. The lowest BCUT2D eigenvalue weighted by Gasteiger charge is -2.37. The number of rotatable bonds is 4. The maximum absolute atomic E-state index is 4.31. The van der Waals surface area contributed by atoms with Crippen LogP contribution in [0.1, 0.15) is 5.82 Å². The molecule has 5 nitrogen and oxygen atoms in total. The third-order valence-corrected chi connectivity index (χ3v) is 3.56. The molecule has 1 aliphatic rings. The van der Waals surface area contributed by atoms with E-state index in [4.69, 9.17) is 0 Å². The first-order chi connectivity index (χ1) is 8.16. The third-order valence-electron chi connectivity index (χ3n) is 3.56. The first kappa shape index (κ1) is 12.5. The lowest BCUT2D eigenvalue weighted by atomic mass is 10.2. The van der Waals surface area contributed by atoms with Gasteiger partial charge < -0.3 is 14.8 Å². The Morgan fingerprint density at radius 1 is 1.35 bits per heavy atom. The van der Waals surface area contributed by atoms with Gasteiger partial charge in [-0.1, -0.05) is 0 Å². The van der Waals surface area contributed by atoms with Crippen molar-refractivity contribution < 1.29 is 0 Å². The van der Waals surface area contributed by atoms with Gasteiger partial charge in [0.2, 0.25) is 0 Å². The van der Waals surface area contributed by atoms with Gasteiger partial charge in [-0.2, -0.15) is 0 Å². The molecule has 1 saturated heterocycles. The van der Waals surface area contributed by atoms with E-state index < -0.39 is 0 Å². The highest BCUT2D eigenvalue weighted by Crippen LogP contribution is 2.05. The Hall–Kier alpha value is -0.910. The molecule has 0 spiro atoms. The highest BCUT2D eigenvalue weighted by Gasteiger charge is 2.21. The molecule has 1 fully saturated rings. The number of imidazole rings is 1. The molecule has 2 rings (SSSR count). The minimum Gasteiger partial charge on any atom is -0.337 e. The molecule has 0 bridgehead atoms. The van der Waals surface area contributed by atoms with Crippen LogP contribution in [0.4, 0.5) is 0 Å². The maximum Gasteiger partial charge on any atom is 0.122 e. The molecule has 96 valence electrons. The fourth-order valence-corrected chi connectivity index (χ4v) is 2.24. The van der Waals surface area contributed by atoms with Gasteiger partial charge in [-0.15, -0.1) is 0 Å². The first-order valence-electron chi connectivity index (χ1n) is 6.22. The van der Waals surface area contributed by atoms with E-state index in [9.17, 15) is 0 Å². The zero-order chi connectivity index (χ0) is 12.3. The zero-order valence-corrected chi connectivity index (χ0v) is 11.1. The smallest absolute Gasteiger partial charge is 0.122 e. The van der Waals surface area contributed by atoms with Gasteiger partial charge in [-0.05, 0) is 14.1 Å². The second-order valence-corrected chi connectivity index (χ2v) is 4.98. The summed E-state index contributed by atoms with van der Waals surface area (Å²) in [4.78, 5) is 9.14. The van der Waals surface area contributed by atoms with E-state index in [1.807, 2.05) is 19.4 Å². The molecule has 1 aliphatic heterocycles. The number of likely N-dealkylation sites (N-methyl/N-ethyl adjacent to an activating group) is 2. The minimum atomic E-state index is 0.606. The van der Waals surface area contributed by atoms with Crippen molar-refractivity contribution in [1.82, 2.24) is 24.7 Å². The number of nitrogens with zero attached hydrogens (tertiary/aromatic N) is 4. The Morgan fingerprint density at radius 2 is 2.18 bits per heavy atom. The summed E-state index contributed by atoms with van der Waals surface area (Å²) in [7, 11) is 6.43. The minimum absolute atomic E-state index is 0.606. The third kappa shape index (κ3) is 3.28. The van der Waals surface area contributed by atoms with Crippen LogP contribution in [0, 0.1) is 0 Å². The molecule has 1 aromatic rings. The second-order valence-electron chi connectivity index (χ2n) is 4.98. The summed E-state index contributed by atoms with van der Waals surface area (Å²) in [6, 6.07) is 0.606. The molecule has 0 saturated carbocycles. The van der Waals surface area contributed by atoms with Gasteiger partial charge >= 0.3 is 0 Å². The van der Waals surface area contributed by atoms with Crippen molar-refractivity contribution in [3.8, 4) is 0 Å². The van der Waals surface area contributed by atoms with E-state index in [-0.39, 0.29) is 0 Å². The standard InChI is InChI=1S/C12H23N5/c1-15-6-7-16(2)11(10-15)8-13-9-12-14-4-5-17(12)3/h4-5,11,13H,6-10H2,1-3H3. The van der Waals surface area contributed by atoms with E-state index in [2.05, 4.69) is 38.8 Å². The molecule has 5 heteroatoms. The van der Waals surface area contributed by atoms with Crippen molar-refractivity contribution in [3.63, 3.8) is 0 Å². The van der Waals surface area contributed by atoms with Gasteiger partial charge in [0.05, 0.1) is 6.54 Å². The molecular formula is C12H23N5. The van der Waals surface area contributed by atoms with Crippen molar-refractivity contribution in [2.24, 2.45) is 7.05 Å². The predicted octanol–water partition coefficient (Wildman–Crippen LogP) is -0.244. The summed E-state index contributed by atoms with van der Waals surface area (Å²) in [5, 5.41) is 3.50. The highest BCUT2D eigenvalue weighted by atomic mass is 15.3. The molecular weight excluding hydrogens is 214 g/mol. The van der Waals surface area contributed by atoms with Gasteiger partial charge in [0, 0.05) is 51.7 Å². The Kier molecular flexibility index (Phi) is 4.15. The van der Waals surface area contributed by atoms with E-state index in [0.717, 1.165) is 32.0 Å². The Labute approximate surface area is 103 Å². The van der Waals surface area contributed by atoms with Crippen LogP contribution >= 0.6 is 0 Å². The number of hydrogen-bond acceptors (Lipinski definition) is 4. The van der Waals surface area contributed by atoms with Crippen LogP contribution in [0.2, 0.25) is 0 Å². The number of aryl methyl sites for hydroxylation is 1. The van der Waals surface area contributed by atoms with Crippen LogP contribution in [0.3, 0.4) is 0 Å². The largest absolute Gasteiger partial charge is 0.337 e. The molecule has 0 aromatic carbocycles. The molecule has 0 aliphatic carbocycles. The Bertz CT molecular complexity index is 348. The molecule has 1 unspecified atom stereocenters. The number of aromatic nitrogens is 2. The van der Waals surface area contributed by atoms with E-state index in [0.29, 0.717) is 6.04 Å². The van der Waals surface area contributed by atoms with Crippen molar-refractivity contribution in [3.05, 3.63) is 18.2 Å². The molecule has 17 heavy (non-hydrogen) atoms. The van der Waals surface area contributed by atoms with Gasteiger partial charge in [-0.25, -0.2) is 4.98 Å². The average Bonchev–Trinajstić information content (AvgIpc) is 2.70. The quantitative estimate of drug-likeness (QED) is 0.784. The second kappa shape index (κ2) is 5.62. The predicted molar refractivity (Wildman–Crippen MR) is 68.8 cm³/mol. The van der Waals surface area contributed by atoms with Gasteiger partial charge in [0.15, 0.2) is 0 Å². The van der Waals surface area contributed by atoms with E-state index in [1.54, 1.807) is 0 Å². The summed E-state index contributed by atoms with van der Waals surface area (Å²) in [5.74, 6) is 1.09. The SMILES string of the molecule is CN1CCN(C)C(CNCc2nccn2C)C1. The molecule has 0 amide bonds. The fourth-order valence-electron chi connectivity index (χ4n) is 2.24.